The van der Waals surface area contributed by atoms with Crippen LogP contribution in [-0.2, 0) is 14.8 Å². The van der Waals surface area contributed by atoms with Gasteiger partial charge in [0.1, 0.15) is 10.7 Å². The van der Waals surface area contributed by atoms with Crippen LogP contribution in [0.25, 0.3) is 0 Å². The van der Waals surface area contributed by atoms with Gasteiger partial charge in [-0.25, -0.2) is 12.8 Å². The van der Waals surface area contributed by atoms with Gasteiger partial charge in [0.25, 0.3) is 0 Å². The number of benzene rings is 1. The molecule has 1 unspecified atom stereocenters. The summed E-state index contributed by atoms with van der Waals surface area (Å²) in [5.74, 6) is -1.39. The third-order valence-corrected chi connectivity index (χ3v) is 6.14. The molecule has 1 aliphatic heterocycles. The van der Waals surface area contributed by atoms with Crippen molar-refractivity contribution < 1.29 is 17.6 Å². The van der Waals surface area contributed by atoms with E-state index >= 15 is 0 Å². The Bertz CT molecular complexity index is 741. The van der Waals surface area contributed by atoms with E-state index in [1.807, 2.05) is 6.92 Å². The standard InChI is InChI=1S/C14H19ClFN3O3S/c1-9(20)18-12-6-11(16)13(5-10(12)15)23(21,22)19-4-3-14(2,7-17)8-19/h5-6H,3-4,7-8,17H2,1-2H3,(H,18,20). The molecule has 0 spiro atoms. The molecular weight excluding hydrogens is 345 g/mol. The zero-order chi connectivity index (χ0) is 17.4. The minimum Gasteiger partial charge on any atom is -0.330 e. The SMILES string of the molecule is CC(=O)Nc1cc(F)c(S(=O)(=O)N2CCC(C)(CN)C2)cc1Cl. The lowest BCUT2D eigenvalue weighted by Crippen LogP contribution is -2.34. The van der Waals surface area contributed by atoms with Crippen molar-refractivity contribution >= 4 is 33.2 Å². The first-order chi connectivity index (χ1) is 10.6. The highest BCUT2D eigenvalue weighted by Crippen LogP contribution is 2.35. The number of nitrogens with one attached hydrogen (secondary N) is 1. The summed E-state index contributed by atoms with van der Waals surface area (Å²) >= 11 is 5.96. The molecule has 9 heteroatoms. The van der Waals surface area contributed by atoms with Gasteiger partial charge in [-0.15, -0.1) is 0 Å². The number of halogens is 2. The van der Waals surface area contributed by atoms with Crippen LogP contribution in [0.2, 0.25) is 5.02 Å². The molecule has 1 atom stereocenters. The number of rotatable bonds is 4. The second-order valence-electron chi connectivity index (χ2n) is 6.05. The normalized spacial score (nSPS) is 22.3. The maximum atomic E-state index is 14.3. The number of nitrogens with two attached hydrogens (primary N) is 1. The minimum absolute atomic E-state index is 0.0313. The van der Waals surface area contributed by atoms with Gasteiger partial charge in [-0.1, -0.05) is 18.5 Å². The number of carbonyl (C=O) groups is 1. The first-order valence-electron chi connectivity index (χ1n) is 7.06. The Hall–Kier alpha value is -1.22. The first-order valence-corrected chi connectivity index (χ1v) is 8.88. The van der Waals surface area contributed by atoms with Crippen molar-refractivity contribution in [3.05, 3.63) is 23.0 Å². The van der Waals surface area contributed by atoms with Crippen LogP contribution in [0.4, 0.5) is 10.1 Å². The Balaban J connectivity index is 2.38. The van der Waals surface area contributed by atoms with Crippen LogP contribution in [0.1, 0.15) is 20.3 Å². The summed E-state index contributed by atoms with van der Waals surface area (Å²) in [6.07, 6.45) is 0.613. The monoisotopic (exact) mass is 363 g/mol. The van der Waals surface area contributed by atoms with Gasteiger partial charge in [0.15, 0.2) is 0 Å². The van der Waals surface area contributed by atoms with Crippen molar-refractivity contribution in [2.75, 3.05) is 25.0 Å². The lowest BCUT2D eigenvalue weighted by molar-refractivity contribution is -0.114. The van der Waals surface area contributed by atoms with Gasteiger partial charge in [-0.05, 0) is 24.4 Å². The molecule has 0 bridgehead atoms. The van der Waals surface area contributed by atoms with E-state index in [1.54, 1.807) is 0 Å². The number of anilines is 1. The summed E-state index contributed by atoms with van der Waals surface area (Å²) in [6, 6.07) is 1.93. The maximum Gasteiger partial charge on any atom is 0.246 e. The molecule has 128 valence electrons. The van der Waals surface area contributed by atoms with Crippen molar-refractivity contribution in [1.29, 1.82) is 0 Å². The Labute approximate surface area is 139 Å². The van der Waals surface area contributed by atoms with Gasteiger partial charge in [0.05, 0.1) is 10.7 Å². The number of hydrogen-bond acceptors (Lipinski definition) is 4. The smallest absolute Gasteiger partial charge is 0.246 e. The van der Waals surface area contributed by atoms with Gasteiger partial charge < -0.3 is 11.1 Å². The molecule has 23 heavy (non-hydrogen) atoms. The quantitative estimate of drug-likeness (QED) is 0.853. The Morgan fingerprint density at radius 2 is 2.17 bits per heavy atom. The van der Waals surface area contributed by atoms with Crippen molar-refractivity contribution in [3.8, 4) is 0 Å². The van der Waals surface area contributed by atoms with E-state index in [2.05, 4.69) is 5.32 Å². The lowest BCUT2D eigenvalue weighted by Gasteiger charge is -2.22. The predicted octanol–water partition coefficient (Wildman–Crippen LogP) is 1.80. The summed E-state index contributed by atoms with van der Waals surface area (Å²) < 4.78 is 40.8. The molecule has 6 nitrogen and oxygen atoms in total. The molecule has 1 saturated heterocycles. The fraction of sp³-hybridized carbons (Fsp3) is 0.500. The number of amides is 1. The molecule has 3 N–H and O–H groups in total. The highest BCUT2D eigenvalue weighted by molar-refractivity contribution is 7.89. The molecule has 1 fully saturated rings. The van der Waals surface area contributed by atoms with Gasteiger partial charge in [-0.2, -0.15) is 4.31 Å². The Kier molecular flexibility index (Phi) is 5.00. The van der Waals surface area contributed by atoms with Gasteiger partial charge >= 0.3 is 0 Å². The van der Waals surface area contributed by atoms with Crippen molar-refractivity contribution in [1.82, 2.24) is 4.31 Å². The minimum atomic E-state index is -4.01. The Morgan fingerprint density at radius 1 is 1.52 bits per heavy atom. The third-order valence-electron chi connectivity index (χ3n) is 3.97. The number of nitrogens with zero attached hydrogens (tertiary/aromatic N) is 1. The average Bonchev–Trinajstić information content (AvgIpc) is 2.86. The highest BCUT2D eigenvalue weighted by atomic mass is 35.5. The van der Waals surface area contributed by atoms with Gasteiger partial charge in [0.2, 0.25) is 15.9 Å². The molecule has 1 aliphatic rings. The van der Waals surface area contributed by atoms with Gasteiger partial charge in [-0.3, -0.25) is 4.79 Å². The third kappa shape index (κ3) is 3.65. The van der Waals surface area contributed by atoms with Crippen LogP contribution in [0.5, 0.6) is 0 Å². The molecule has 0 aliphatic carbocycles. The van der Waals surface area contributed by atoms with Crippen LogP contribution >= 0.6 is 11.6 Å². The molecule has 0 saturated carbocycles. The van der Waals surface area contributed by atoms with Crippen molar-refractivity contribution in [2.45, 2.75) is 25.2 Å². The van der Waals surface area contributed by atoms with Crippen LogP contribution in [0.3, 0.4) is 0 Å². The average molecular weight is 364 g/mol. The highest BCUT2D eigenvalue weighted by Gasteiger charge is 2.40. The molecule has 1 aromatic rings. The van der Waals surface area contributed by atoms with Crippen molar-refractivity contribution in [3.63, 3.8) is 0 Å². The van der Waals surface area contributed by atoms with Gasteiger partial charge in [0, 0.05) is 26.1 Å². The van der Waals surface area contributed by atoms with Crippen LogP contribution < -0.4 is 11.1 Å². The second kappa shape index (κ2) is 6.35. The first kappa shape index (κ1) is 18.1. The van der Waals surface area contributed by atoms with Crippen LogP contribution in [0, 0.1) is 11.2 Å². The Morgan fingerprint density at radius 3 is 2.70 bits per heavy atom. The fourth-order valence-corrected chi connectivity index (χ4v) is 4.44. The van der Waals surface area contributed by atoms with E-state index in [9.17, 15) is 17.6 Å². The van der Waals surface area contributed by atoms with Crippen LogP contribution in [0.15, 0.2) is 17.0 Å². The topological polar surface area (TPSA) is 92.5 Å². The van der Waals surface area contributed by atoms with E-state index in [0.717, 1.165) is 12.1 Å². The van der Waals surface area contributed by atoms with E-state index in [4.69, 9.17) is 17.3 Å². The maximum absolute atomic E-state index is 14.3. The zero-order valence-corrected chi connectivity index (χ0v) is 14.5. The largest absolute Gasteiger partial charge is 0.330 e. The van der Waals surface area contributed by atoms with E-state index < -0.39 is 26.6 Å². The summed E-state index contributed by atoms with van der Waals surface area (Å²) in [7, 11) is -4.01. The molecule has 0 aromatic heterocycles. The molecule has 0 radical (unpaired) electrons. The zero-order valence-electron chi connectivity index (χ0n) is 12.9. The molecule has 1 aromatic carbocycles. The summed E-state index contributed by atoms with van der Waals surface area (Å²) in [6.45, 7) is 4.00. The molecule has 1 amide bonds. The van der Waals surface area contributed by atoms with E-state index in [0.29, 0.717) is 13.0 Å². The van der Waals surface area contributed by atoms with E-state index in [1.165, 1.54) is 11.2 Å². The van der Waals surface area contributed by atoms with Crippen LogP contribution in [-0.4, -0.2) is 38.3 Å². The second-order valence-corrected chi connectivity index (χ2v) is 8.36. The summed E-state index contributed by atoms with van der Waals surface area (Å²) in [4.78, 5) is 10.5. The predicted molar refractivity (Wildman–Crippen MR) is 86.3 cm³/mol. The lowest BCUT2D eigenvalue weighted by atomic mass is 9.90. The van der Waals surface area contributed by atoms with E-state index in [-0.39, 0.29) is 29.2 Å². The number of carbonyl (C=O) groups excluding carboxylic acids is 1. The number of hydrogen-bond donors (Lipinski definition) is 2. The summed E-state index contributed by atoms with van der Waals surface area (Å²) in [5, 5.41) is 2.31. The number of sulfonamides is 1. The summed E-state index contributed by atoms with van der Waals surface area (Å²) in [5.41, 5.74) is 5.39. The molecular formula is C14H19ClFN3O3S. The molecule has 2 rings (SSSR count). The molecule has 1 heterocycles. The fourth-order valence-electron chi connectivity index (χ4n) is 2.50. The van der Waals surface area contributed by atoms with Crippen molar-refractivity contribution in [2.24, 2.45) is 11.1 Å².